The normalized spacial score (nSPS) is 15.3. The van der Waals surface area contributed by atoms with Crippen molar-refractivity contribution in [2.24, 2.45) is 0 Å². The Morgan fingerprint density at radius 1 is 1.11 bits per heavy atom. The monoisotopic (exact) mass is 413 g/mol. The number of hydrazine groups is 1. The standard InChI is InChI=1S/C16H16FN3O5S2/c17-12-4-3-11(15(21)18-19-16(22)13-2-1-9-26-13)10-14(12)27(23,24)20-5-7-25-8-6-20/h1-4,9-10H,5-8H2,(H,18,21)(H,19,22). The molecule has 2 heterocycles. The van der Waals surface area contributed by atoms with E-state index in [2.05, 4.69) is 10.9 Å². The molecule has 0 radical (unpaired) electrons. The van der Waals surface area contributed by atoms with Crippen molar-refractivity contribution in [2.75, 3.05) is 26.3 Å². The van der Waals surface area contributed by atoms with Gasteiger partial charge in [0.2, 0.25) is 10.0 Å². The average Bonchev–Trinajstić information content (AvgIpc) is 3.21. The summed E-state index contributed by atoms with van der Waals surface area (Å²) in [4.78, 5) is 23.8. The molecule has 27 heavy (non-hydrogen) atoms. The number of rotatable bonds is 4. The molecule has 1 fully saturated rings. The summed E-state index contributed by atoms with van der Waals surface area (Å²) in [7, 11) is -4.10. The molecule has 0 spiro atoms. The van der Waals surface area contributed by atoms with Crippen molar-refractivity contribution in [3.8, 4) is 0 Å². The van der Waals surface area contributed by atoms with E-state index in [-0.39, 0.29) is 31.9 Å². The largest absolute Gasteiger partial charge is 0.379 e. The summed E-state index contributed by atoms with van der Waals surface area (Å²) in [6.07, 6.45) is 0. The van der Waals surface area contributed by atoms with Crippen molar-refractivity contribution < 1.29 is 27.1 Å². The van der Waals surface area contributed by atoms with Crippen LogP contribution in [0.25, 0.3) is 0 Å². The Balaban J connectivity index is 1.76. The minimum Gasteiger partial charge on any atom is -0.379 e. The molecule has 1 saturated heterocycles. The number of benzene rings is 1. The molecule has 0 aliphatic carbocycles. The number of thiophene rings is 1. The molecule has 0 bridgehead atoms. The van der Waals surface area contributed by atoms with Gasteiger partial charge in [0, 0.05) is 18.7 Å². The lowest BCUT2D eigenvalue weighted by Gasteiger charge is -2.26. The topological polar surface area (TPSA) is 105 Å². The molecule has 2 amide bonds. The van der Waals surface area contributed by atoms with Gasteiger partial charge in [-0.2, -0.15) is 4.31 Å². The van der Waals surface area contributed by atoms with E-state index in [1.54, 1.807) is 17.5 Å². The second kappa shape index (κ2) is 8.13. The van der Waals surface area contributed by atoms with E-state index >= 15 is 0 Å². The Morgan fingerprint density at radius 2 is 1.81 bits per heavy atom. The van der Waals surface area contributed by atoms with Crippen molar-refractivity contribution in [2.45, 2.75) is 4.90 Å². The van der Waals surface area contributed by atoms with E-state index in [4.69, 9.17) is 4.74 Å². The van der Waals surface area contributed by atoms with Crippen LogP contribution in [0.1, 0.15) is 20.0 Å². The fourth-order valence-corrected chi connectivity index (χ4v) is 4.54. The Morgan fingerprint density at radius 3 is 2.48 bits per heavy atom. The number of nitrogens with one attached hydrogen (secondary N) is 2. The number of hydrogen-bond donors (Lipinski definition) is 2. The van der Waals surface area contributed by atoms with Crippen LogP contribution in [-0.2, 0) is 14.8 Å². The molecule has 1 aromatic carbocycles. The van der Waals surface area contributed by atoms with Gasteiger partial charge in [-0.25, -0.2) is 12.8 Å². The van der Waals surface area contributed by atoms with Gasteiger partial charge in [-0.15, -0.1) is 11.3 Å². The lowest BCUT2D eigenvalue weighted by molar-refractivity contribution is 0.0729. The number of halogens is 1. The average molecular weight is 413 g/mol. The molecule has 0 atom stereocenters. The smallest absolute Gasteiger partial charge is 0.279 e. The van der Waals surface area contributed by atoms with E-state index < -0.39 is 32.6 Å². The number of hydrogen-bond acceptors (Lipinski definition) is 6. The molecule has 0 unspecified atom stereocenters. The maximum atomic E-state index is 14.1. The van der Waals surface area contributed by atoms with E-state index in [9.17, 15) is 22.4 Å². The number of ether oxygens (including phenoxy) is 1. The van der Waals surface area contributed by atoms with Crippen molar-refractivity contribution in [3.63, 3.8) is 0 Å². The molecule has 1 aromatic heterocycles. The van der Waals surface area contributed by atoms with Gasteiger partial charge in [0.05, 0.1) is 18.1 Å². The molecule has 1 aliphatic heterocycles. The van der Waals surface area contributed by atoms with Crippen LogP contribution in [0, 0.1) is 5.82 Å². The Labute approximate surface area is 159 Å². The van der Waals surface area contributed by atoms with Gasteiger partial charge in [0.25, 0.3) is 11.8 Å². The lowest BCUT2D eigenvalue weighted by Crippen LogP contribution is -2.42. The highest BCUT2D eigenvalue weighted by Crippen LogP contribution is 2.21. The molecular weight excluding hydrogens is 397 g/mol. The summed E-state index contributed by atoms with van der Waals surface area (Å²) in [5.41, 5.74) is 4.30. The van der Waals surface area contributed by atoms with Gasteiger partial charge in [-0.3, -0.25) is 20.4 Å². The van der Waals surface area contributed by atoms with Gasteiger partial charge in [-0.05, 0) is 29.6 Å². The zero-order valence-electron chi connectivity index (χ0n) is 14.0. The number of morpholine rings is 1. The van der Waals surface area contributed by atoms with Crippen LogP contribution in [-0.4, -0.2) is 50.8 Å². The Kier molecular flexibility index (Phi) is 5.85. The van der Waals surface area contributed by atoms with Crippen LogP contribution in [0.15, 0.2) is 40.6 Å². The first-order chi connectivity index (χ1) is 12.9. The first-order valence-electron chi connectivity index (χ1n) is 7.91. The third-order valence-electron chi connectivity index (χ3n) is 3.82. The summed E-state index contributed by atoms with van der Waals surface area (Å²) in [5, 5.41) is 1.71. The molecular formula is C16H16FN3O5S2. The first-order valence-corrected chi connectivity index (χ1v) is 10.2. The van der Waals surface area contributed by atoms with Gasteiger partial charge < -0.3 is 4.74 Å². The van der Waals surface area contributed by atoms with Crippen molar-refractivity contribution in [3.05, 3.63) is 52.0 Å². The van der Waals surface area contributed by atoms with Gasteiger partial charge in [-0.1, -0.05) is 6.07 Å². The molecule has 0 saturated carbocycles. The molecule has 3 rings (SSSR count). The Hall–Kier alpha value is -2.34. The minimum atomic E-state index is -4.10. The molecule has 144 valence electrons. The summed E-state index contributed by atoms with van der Waals surface area (Å²) < 4.78 is 45.6. The highest BCUT2D eigenvalue weighted by molar-refractivity contribution is 7.89. The zero-order chi connectivity index (χ0) is 19.4. The lowest BCUT2D eigenvalue weighted by atomic mass is 10.2. The van der Waals surface area contributed by atoms with E-state index in [0.717, 1.165) is 22.5 Å². The second-order valence-electron chi connectivity index (χ2n) is 5.55. The van der Waals surface area contributed by atoms with Crippen LogP contribution in [0.3, 0.4) is 0 Å². The molecule has 8 nitrogen and oxygen atoms in total. The van der Waals surface area contributed by atoms with Gasteiger partial charge in [0.1, 0.15) is 10.7 Å². The number of nitrogens with zero attached hydrogens (tertiary/aromatic N) is 1. The van der Waals surface area contributed by atoms with Crippen LogP contribution in [0.2, 0.25) is 0 Å². The van der Waals surface area contributed by atoms with Crippen LogP contribution in [0.5, 0.6) is 0 Å². The van der Waals surface area contributed by atoms with Crippen molar-refractivity contribution >= 4 is 33.2 Å². The molecule has 2 aromatic rings. The maximum absolute atomic E-state index is 14.1. The fourth-order valence-electron chi connectivity index (χ4n) is 2.42. The predicted octanol–water partition coefficient (Wildman–Crippen LogP) is 0.983. The highest BCUT2D eigenvalue weighted by atomic mass is 32.2. The van der Waals surface area contributed by atoms with E-state index in [0.29, 0.717) is 4.88 Å². The first kappa shape index (κ1) is 19.4. The van der Waals surface area contributed by atoms with Crippen LogP contribution >= 0.6 is 11.3 Å². The zero-order valence-corrected chi connectivity index (χ0v) is 15.6. The summed E-state index contributed by atoms with van der Waals surface area (Å²) in [6, 6.07) is 6.26. The summed E-state index contributed by atoms with van der Waals surface area (Å²) in [6.45, 7) is 0.649. The fraction of sp³-hybridized carbons (Fsp3) is 0.250. The van der Waals surface area contributed by atoms with Gasteiger partial charge in [0.15, 0.2) is 0 Å². The van der Waals surface area contributed by atoms with Gasteiger partial charge >= 0.3 is 0 Å². The summed E-state index contributed by atoms with van der Waals surface area (Å²) >= 11 is 1.19. The number of amides is 2. The maximum Gasteiger partial charge on any atom is 0.279 e. The third-order valence-corrected chi connectivity index (χ3v) is 6.60. The quantitative estimate of drug-likeness (QED) is 0.727. The van der Waals surface area contributed by atoms with Crippen molar-refractivity contribution in [1.82, 2.24) is 15.2 Å². The third kappa shape index (κ3) is 4.33. The molecule has 2 N–H and O–H groups in total. The number of sulfonamides is 1. The summed E-state index contributed by atoms with van der Waals surface area (Å²) in [5.74, 6) is -2.24. The van der Waals surface area contributed by atoms with E-state index in [1.807, 2.05) is 0 Å². The minimum absolute atomic E-state index is 0.102. The second-order valence-corrected chi connectivity index (χ2v) is 8.40. The molecule has 1 aliphatic rings. The number of carbonyl (C=O) groups is 2. The van der Waals surface area contributed by atoms with Crippen LogP contribution in [0.4, 0.5) is 4.39 Å². The Bertz CT molecular complexity index is 941. The number of carbonyl (C=O) groups excluding carboxylic acids is 2. The predicted molar refractivity (Wildman–Crippen MR) is 95.2 cm³/mol. The van der Waals surface area contributed by atoms with Crippen molar-refractivity contribution in [1.29, 1.82) is 0 Å². The highest BCUT2D eigenvalue weighted by Gasteiger charge is 2.29. The SMILES string of the molecule is O=C(NNC(=O)c1cccs1)c1ccc(F)c(S(=O)(=O)N2CCOCC2)c1. The molecule has 11 heteroatoms. The van der Waals surface area contributed by atoms with Crippen LogP contribution < -0.4 is 10.9 Å². The van der Waals surface area contributed by atoms with E-state index in [1.165, 1.54) is 11.3 Å².